The molecule has 0 fully saturated rings. The second-order valence-corrected chi connectivity index (χ2v) is 5.93. The number of pyridine rings is 1. The van der Waals surface area contributed by atoms with Crippen LogP contribution >= 0.6 is 0 Å². The monoisotopic (exact) mass is 279 g/mol. The first-order chi connectivity index (χ1) is 10.2. The Morgan fingerprint density at radius 1 is 1.00 bits per heavy atom. The van der Waals surface area contributed by atoms with Crippen LogP contribution in [0.3, 0.4) is 0 Å². The van der Waals surface area contributed by atoms with Gasteiger partial charge in [0.1, 0.15) is 5.65 Å². The number of aromatic nitrogens is 2. The smallest absolute Gasteiger partial charge is 0.137 e. The fraction of sp³-hybridized carbons (Fsp3) is 0.278. The molecule has 0 aliphatic rings. The van der Waals surface area contributed by atoms with Crippen molar-refractivity contribution in [1.82, 2.24) is 9.38 Å². The number of benzene rings is 1. The summed E-state index contributed by atoms with van der Waals surface area (Å²) in [4.78, 5) is 4.67. The largest absolute Gasteiger partial charge is 0.326 e. The van der Waals surface area contributed by atoms with Gasteiger partial charge in [0.15, 0.2) is 0 Å². The standard InChI is InChI=1S/C18H21N3/c1-13(2)9-14-3-6-16(7-4-14)17-12-21-11-15(10-19)5-8-18(21)20-17/h3-8,11-13H,9-10,19H2,1-2H3. The van der Waals surface area contributed by atoms with Crippen LogP contribution in [0.4, 0.5) is 0 Å². The van der Waals surface area contributed by atoms with Gasteiger partial charge < -0.3 is 10.1 Å². The van der Waals surface area contributed by atoms with Crippen LogP contribution < -0.4 is 5.73 Å². The summed E-state index contributed by atoms with van der Waals surface area (Å²) < 4.78 is 2.04. The van der Waals surface area contributed by atoms with Gasteiger partial charge in [-0.05, 0) is 29.5 Å². The van der Waals surface area contributed by atoms with E-state index in [2.05, 4.69) is 49.3 Å². The molecule has 0 saturated heterocycles. The minimum atomic E-state index is 0.549. The average molecular weight is 279 g/mol. The SMILES string of the molecule is CC(C)Cc1ccc(-c2cn3cc(CN)ccc3n2)cc1. The Bertz CT molecular complexity index is 739. The number of imidazole rings is 1. The third-order valence-electron chi connectivity index (χ3n) is 3.64. The van der Waals surface area contributed by atoms with E-state index in [4.69, 9.17) is 5.73 Å². The zero-order valence-corrected chi connectivity index (χ0v) is 12.6. The van der Waals surface area contributed by atoms with Crippen LogP contribution in [0.2, 0.25) is 0 Å². The molecule has 1 aromatic carbocycles. The van der Waals surface area contributed by atoms with E-state index in [-0.39, 0.29) is 0 Å². The van der Waals surface area contributed by atoms with Gasteiger partial charge in [0.2, 0.25) is 0 Å². The molecular formula is C18H21N3. The second-order valence-electron chi connectivity index (χ2n) is 5.93. The Labute approximate surface area is 125 Å². The Hall–Kier alpha value is -2.13. The van der Waals surface area contributed by atoms with Crippen molar-refractivity contribution in [2.75, 3.05) is 0 Å². The van der Waals surface area contributed by atoms with E-state index >= 15 is 0 Å². The molecular weight excluding hydrogens is 258 g/mol. The molecule has 21 heavy (non-hydrogen) atoms. The van der Waals surface area contributed by atoms with Crippen LogP contribution in [0.25, 0.3) is 16.9 Å². The van der Waals surface area contributed by atoms with Crippen LogP contribution in [-0.4, -0.2) is 9.38 Å². The molecule has 2 N–H and O–H groups in total. The van der Waals surface area contributed by atoms with Gasteiger partial charge in [0.05, 0.1) is 5.69 Å². The molecule has 0 atom stereocenters. The van der Waals surface area contributed by atoms with E-state index < -0.39 is 0 Å². The van der Waals surface area contributed by atoms with Crippen LogP contribution in [0.1, 0.15) is 25.0 Å². The zero-order valence-electron chi connectivity index (χ0n) is 12.6. The van der Waals surface area contributed by atoms with Gasteiger partial charge in [-0.15, -0.1) is 0 Å². The van der Waals surface area contributed by atoms with Crippen molar-refractivity contribution in [3.8, 4) is 11.3 Å². The van der Waals surface area contributed by atoms with Crippen LogP contribution in [0.15, 0.2) is 48.8 Å². The van der Waals surface area contributed by atoms with Crippen molar-refractivity contribution >= 4 is 5.65 Å². The van der Waals surface area contributed by atoms with Gasteiger partial charge in [0, 0.05) is 24.5 Å². The Kier molecular flexibility index (Phi) is 3.76. The van der Waals surface area contributed by atoms with E-state index in [1.807, 2.05) is 22.7 Å². The summed E-state index contributed by atoms with van der Waals surface area (Å²) in [6.07, 6.45) is 5.22. The fourth-order valence-corrected chi connectivity index (χ4v) is 2.58. The third-order valence-corrected chi connectivity index (χ3v) is 3.64. The van der Waals surface area contributed by atoms with Crippen molar-refractivity contribution in [2.45, 2.75) is 26.8 Å². The molecule has 0 saturated carbocycles. The molecule has 0 aliphatic carbocycles. The minimum absolute atomic E-state index is 0.549. The van der Waals surface area contributed by atoms with Crippen LogP contribution in [-0.2, 0) is 13.0 Å². The normalized spacial score (nSPS) is 11.4. The number of nitrogens with zero attached hydrogens (tertiary/aromatic N) is 2. The molecule has 0 bridgehead atoms. The van der Waals surface area contributed by atoms with E-state index in [9.17, 15) is 0 Å². The van der Waals surface area contributed by atoms with Crippen molar-refractivity contribution in [1.29, 1.82) is 0 Å². The molecule has 3 rings (SSSR count). The van der Waals surface area contributed by atoms with Gasteiger partial charge in [-0.3, -0.25) is 0 Å². The number of nitrogens with two attached hydrogens (primary N) is 1. The zero-order chi connectivity index (χ0) is 14.8. The lowest BCUT2D eigenvalue weighted by atomic mass is 10.0. The highest BCUT2D eigenvalue weighted by Gasteiger charge is 2.05. The lowest BCUT2D eigenvalue weighted by Gasteiger charge is -2.05. The number of hydrogen-bond donors (Lipinski definition) is 1. The molecule has 108 valence electrons. The molecule has 3 nitrogen and oxygen atoms in total. The minimum Gasteiger partial charge on any atom is -0.326 e. The van der Waals surface area contributed by atoms with Gasteiger partial charge in [-0.1, -0.05) is 44.2 Å². The van der Waals surface area contributed by atoms with E-state index in [0.717, 1.165) is 28.9 Å². The van der Waals surface area contributed by atoms with Gasteiger partial charge in [0.25, 0.3) is 0 Å². The number of rotatable bonds is 4. The van der Waals surface area contributed by atoms with Crippen molar-refractivity contribution < 1.29 is 0 Å². The Balaban J connectivity index is 1.92. The maximum Gasteiger partial charge on any atom is 0.137 e. The summed E-state index contributed by atoms with van der Waals surface area (Å²) in [5, 5.41) is 0. The maximum absolute atomic E-state index is 5.68. The van der Waals surface area contributed by atoms with Gasteiger partial charge >= 0.3 is 0 Å². The molecule has 3 heteroatoms. The summed E-state index contributed by atoms with van der Waals surface area (Å²) in [7, 11) is 0. The first kappa shape index (κ1) is 13.8. The lowest BCUT2D eigenvalue weighted by molar-refractivity contribution is 0.647. The lowest BCUT2D eigenvalue weighted by Crippen LogP contribution is -1.97. The molecule has 0 spiro atoms. The molecule has 3 aromatic rings. The second kappa shape index (κ2) is 5.70. The maximum atomic E-state index is 5.68. The van der Waals surface area contributed by atoms with Crippen molar-refractivity contribution in [2.24, 2.45) is 11.7 Å². The molecule has 2 aromatic heterocycles. The van der Waals surface area contributed by atoms with E-state index in [1.165, 1.54) is 5.56 Å². The fourth-order valence-electron chi connectivity index (χ4n) is 2.58. The average Bonchev–Trinajstić information content (AvgIpc) is 2.90. The van der Waals surface area contributed by atoms with Gasteiger partial charge in [-0.2, -0.15) is 0 Å². The summed E-state index contributed by atoms with van der Waals surface area (Å²) in [5.41, 5.74) is 11.3. The van der Waals surface area contributed by atoms with Crippen LogP contribution in [0, 0.1) is 5.92 Å². The summed E-state index contributed by atoms with van der Waals surface area (Å²) in [5.74, 6) is 0.681. The first-order valence-electron chi connectivity index (χ1n) is 7.42. The Morgan fingerprint density at radius 3 is 2.38 bits per heavy atom. The highest BCUT2D eigenvalue weighted by Crippen LogP contribution is 2.21. The predicted octanol–water partition coefficient (Wildman–Crippen LogP) is 3.66. The van der Waals surface area contributed by atoms with Crippen molar-refractivity contribution in [3.63, 3.8) is 0 Å². The van der Waals surface area contributed by atoms with Gasteiger partial charge in [-0.25, -0.2) is 4.98 Å². The quantitative estimate of drug-likeness (QED) is 0.792. The molecule has 2 heterocycles. The molecule has 0 amide bonds. The van der Waals surface area contributed by atoms with Crippen LogP contribution in [0.5, 0.6) is 0 Å². The number of fused-ring (bicyclic) bond motifs is 1. The first-order valence-corrected chi connectivity index (χ1v) is 7.42. The summed E-state index contributed by atoms with van der Waals surface area (Å²) in [6.45, 7) is 5.03. The predicted molar refractivity (Wildman–Crippen MR) is 87.1 cm³/mol. The highest BCUT2D eigenvalue weighted by atomic mass is 15.0. The molecule has 0 aliphatic heterocycles. The number of hydrogen-bond acceptors (Lipinski definition) is 2. The van der Waals surface area contributed by atoms with E-state index in [1.54, 1.807) is 0 Å². The third kappa shape index (κ3) is 2.98. The topological polar surface area (TPSA) is 43.3 Å². The summed E-state index contributed by atoms with van der Waals surface area (Å²) in [6, 6.07) is 12.7. The summed E-state index contributed by atoms with van der Waals surface area (Å²) >= 11 is 0. The molecule has 0 unspecified atom stereocenters. The molecule has 0 radical (unpaired) electrons. The van der Waals surface area contributed by atoms with Crippen molar-refractivity contribution in [3.05, 3.63) is 59.9 Å². The highest BCUT2D eigenvalue weighted by molar-refractivity contribution is 5.63. The van der Waals surface area contributed by atoms with E-state index in [0.29, 0.717) is 12.5 Å². The Morgan fingerprint density at radius 2 is 1.71 bits per heavy atom.